The summed E-state index contributed by atoms with van der Waals surface area (Å²) in [6.45, 7) is 8.68. The molecular formula is C36H46F2N4O7S. The van der Waals surface area contributed by atoms with Crippen molar-refractivity contribution in [2.24, 2.45) is 11.3 Å². The lowest BCUT2D eigenvalue weighted by molar-refractivity contribution is -0.132. The molecule has 3 atom stereocenters. The molecular weight excluding hydrogens is 670 g/mol. The van der Waals surface area contributed by atoms with Gasteiger partial charge in [-0.25, -0.2) is 17.2 Å². The molecule has 3 aromatic carbocycles. The second kappa shape index (κ2) is 16.7. The Hall–Kier alpha value is -4.11. The van der Waals surface area contributed by atoms with Crippen LogP contribution in [0.25, 0.3) is 0 Å². The molecule has 4 rings (SSSR count). The minimum atomic E-state index is -4.11. The Bertz CT molecular complexity index is 1740. The summed E-state index contributed by atoms with van der Waals surface area (Å²) in [5.41, 5.74) is 0.462. The molecule has 272 valence electrons. The number of ether oxygens (including phenoxy) is 2. The maximum absolute atomic E-state index is 13.9. The molecule has 2 unspecified atom stereocenters. The van der Waals surface area contributed by atoms with Gasteiger partial charge in [-0.1, -0.05) is 71.0 Å². The van der Waals surface area contributed by atoms with E-state index in [1.807, 2.05) is 44.2 Å². The van der Waals surface area contributed by atoms with E-state index >= 15 is 0 Å². The minimum Gasteiger partial charge on any atom is -0.454 e. The molecule has 0 radical (unpaired) electrons. The van der Waals surface area contributed by atoms with E-state index in [4.69, 9.17) is 9.47 Å². The molecule has 0 fully saturated rings. The summed E-state index contributed by atoms with van der Waals surface area (Å²) in [5, 5.41) is 20.2. The van der Waals surface area contributed by atoms with E-state index in [-0.39, 0.29) is 50.2 Å². The molecule has 1 heterocycles. The number of benzene rings is 3. The number of hydrogen-bond donors (Lipinski definition) is 4. The molecule has 0 bridgehead atoms. The molecule has 14 heteroatoms. The second-order valence-corrected chi connectivity index (χ2v) is 15.8. The lowest BCUT2D eigenvalue weighted by atomic mass is 9.85. The van der Waals surface area contributed by atoms with Gasteiger partial charge in [-0.2, -0.15) is 4.31 Å². The summed E-state index contributed by atoms with van der Waals surface area (Å²) < 4.78 is 66.6. The molecule has 2 amide bonds. The summed E-state index contributed by atoms with van der Waals surface area (Å²) in [6.07, 6.45) is -1.18. The topological polar surface area (TPSA) is 146 Å². The number of halogens is 2. The van der Waals surface area contributed by atoms with Crippen LogP contribution >= 0.6 is 0 Å². The highest BCUT2D eigenvalue weighted by atomic mass is 32.2. The van der Waals surface area contributed by atoms with E-state index in [0.717, 1.165) is 17.7 Å². The molecule has 0 aromatic heterocycles. The van der Waals surface area contributed by atoms with Gasteiger partial charge in [0.2, 0.25) is 28.6 Å². The lowest BCUT2D eigenvalue weighted by Crippen LogP contribution is -2.59. The first-order valence-corrected chi connectivity index (χ1v) is 17.8. The highest BCUT2D eigenvalue weighted by molar-refractivity contribution is 7.89. The molecule has 3 aromatic rings. The van der Waals surface area contributed by atoms with Crippen molar-refractivity contribution in [1.29, 1.82) is 0 Å². The summed E-state index contributed by atoms with van der Waals surface area (Å²) in [7, 11) is -4.11. The zero-order valence-electron chi connectivity index (χ0n) is 28.9. The molecule has 1 aliphatic rings. The summed E-state index contributed by atoms with van der Waals surface area (Å²) >= 11 is 0. The number of nitrogens with one attached hydrogen (secondary N) is 3. The fourth-order valence-corrected chi connectivity index (χ4v) is 7.11. The second-order valence-electron chi connectivity index (χ2n) is 13.8. The quantitative estimate of drug-likeness (QED) is 0.176. The largest absolute Gasteiger partial charge is 0.454 e. The number of carbonyl (C=O) groups is 2. The van der Waals surface area contributed by atoms with Crippen molar-refractivity contribution in [2.45, 2.75) is 70.7 Å². The van der Waals surface area contributed by atoms with Gasteiger partial charge < -0.3 is 30.5 Å². The summed E-state index contributed by atoms with van der Waals surface area (Å²) in [5.74, 6) is -2.40. The Labute approximate surface area is 292 Å². The molecule has 0 saturated heterocycles. The van der Waals surface area contributed by atoms with Crippen LogP contribution in [0.3, 0.4) is 0 Å². The van der Waals surface area contributed by atoms with Crippen molar-refractivity contribution in [3.05, 3.63) is 89.5 Å². The van der Waals surface area contributed by atoms with Crippen LogP contribution in [0.2, 0.25) is 0 Å². The Kier molecular flexibility index (Phi) is 12.9. The van der Waals surface area contributed by atoms with Crippen molar-refractivity contribution in [3.63, 3.8) is 0 Å². The average molecular weight is 717 g/mol. The highest BCUT2D eigenvalue weighted by Crippen LogP contribution is 2.35. The Morgan fingerprint density at radius 1 is 0.900 bits per heavy atom. The van der Waals surface area contributed by atoms with Crippen molar-refractivity contribution in [1.82, 2.24) is 20.3 Å². The molecule has 0 aliphatic carbocycles. The maximum Gasteiger partial charge on any atom is 0.243 e. The number of sulfonamides is 1. The third-order valence-corrected chi connectivity index (χ3v) is 9.89. The number of amides is 2. The van der Waals surface area contributed by atoms with Gasteiger partial charge in [-0.3, -0.25) is 9.59 Å². The fraction of sp³-hybridized carbons (Fsp3) is 0.444. The normalized spacial score (nSPS) is 14.8. The van der Waals surface area contributed by atoms with Crippen LogP contribution < -0.4 is 25.4 Å². The van der Waals surface area contributed by atoms with E-state index in [1.54, 1.807) is 20.8 Å². The first kappa shape index (κ1) is 38.7. The maximum atomic E-state index is 13.9. The van der Waals surface area contributed by atoms with Crippen LogP contribution in [0.15, 0.2) is 71.6 Å². The number of carbonyl (C=O) groups excluding carboxylic acids is 2. The highest BCUT2D eigenvalue weighted by Gasteiger charge is 2.37. The van der Waals surface area contributed by atoms with Gasteiger partial charge >= 0.3 is 0 Å². The predicted octanol–water partition coefficient (Wildman–Crippen LogP) is 3.75. The van der Waals surface area contributed by atoms with E-state index in [0.29, 0.717) is 17.1 Å². The molecule has 4 N–H and O–H groups in total. The van der Waals surface area contributed by atoms with Gasteiger partial charge in [0.25, 0.3) is 0 Å². The van der Waals surface area contributed by atoms with Crippen molar-refractivity contribution in [3.8, 4) is 11.5 Å². The van der Waals surface area contributed by atoms with Crippen molar-refractivity contribution >= 4 is 21.8 Å². The number of rotatable bonds is 16. The van der Waals surface area contributed by atoms with Gasteiger partial charge in [0.05, 0.1) is 23.6 Å². The minimum absolute atomic E-state index is 0.0160. The summed E-state index contributed by atoms with van der Waals surface area (Å²) in [4.78, 5) is 26.8. The zero-order chi connectivity index (χ0) is 36.6. The standard InChI is InChI=1S/C36H46F2N4O7S/c1-23(2)20-42(50(46,47)26-12-14-31-32(17-26)49-22-48-31)21-30(43)29(16-24-9-7-6-8-10-24)40-35(45)34(36(3,4)5)41-33(44)19-39-18-25-11-13-27(37)28(38)15-25/h6-15,17,23,29-30,34,39,43H,16,18-22H2,1-5H3,(H,40,45)(H,41,44)/t29?,30?,34-/m1/s1. The number of hydrogen-bond acceptors (Lipinski definition) is 8. The van der Waals surface area contributed by atoms with Gasteiger partial charge in [0.1, 0.15) is 6.04 Å². The number of aliphatic hydroxyl groups is 1. The van der Waals surface area contributed by atoms with E-state index < -0.39 is 57.1 Å². The first-order chi connectivity index (χ1) is 23.5. The molecule has 50 heavy (non-hydrogen) atoms. The summed E-state index contributed by atoms with van der Waals surface area (Å²) in [6, 6.07) is 14.9. The SMILES string of the molecule is CC(C)CN(CC(O)C(Cc1ccccc1)NC(=O)[C@@H](NC(=O)CNCc1ccc(F)c(F)c1)C(C)(C)C)S(=O)(=O)c1ccc2c(c1)OCO2. The number of fused-ring (bicyclic) bond motifs is 1. The number of nitrogens with zero attached hydrogens (tertiary/aromatic N) is 1. The monoisotopic (exact) mass is 716 g/mol. The average Bonchev–Trinajstić information content (AvgIpc) is 3.52. The van der Waals surface area contributed by atoms with Crippen molar-refractivity contribution in [2.75, 3.05) is 26.4 Å². The third kappa shape index (κ3) is 10.5. The predicted molar refractivity (Wildman–Crippen MR) is 184 cm³/mol. The van der Waals surface area contributed by atoms with Crippen LogP contribution in [0.5, 0.6) is 11.5 Å². The van der Waals surface area contributed by atoms with Gasteiger partial charge in [-0.05, 0) is 53.1 Å². The Balaban J connectivity index is 1.51. The first-order valence-electron chi connectivity index (χ1n) is 16.4. The van der Waals surface area contributed by atoms with Crippen LogP contribution in [0, 0.1) is 23.0 Å². The van der Waals surface area contributed by atoms with Crippen LogP contribution in [0.4, 0.5) is 8.78 Å². The third-order valence-electron chi connectivity index (χ3n) is 8.06. The Morgan fingerprint density at radius 3 is 2.26 bits per heavy atom. The lowest BCUT2D eigenvalue weighted by Gasteiger charge is -2.34. The fourth-order valence-electron chi connectivity index (χ4n) is 5.47. The molecule has 0 saturated carbocycles. The van der Waals surface area contributed by atoms with Crippen molar-refractivity contribution < 1.29 is 41.4 Å². The smallest absolute Gasteiger partial charge is 0.243 e. The Morgan fingerprint density at radius 2 is 1.60 bits per heavy atom. The van der Waals surface area contributed by atoms with E-state index in [1.165, 1.54) is 28.6 Å². The van der Waals surface area contributed by atoms with Crippen LogP contribution in [0.1, 0.15) is 45.7 Å². The van der Waals surface area contributed by atoms with Gasteiger partial charge in [0, 0.05) is 25.7 Å². The van der Waals surface area contributed by atoms with Crippen LogP contribution in [-0.4, -0.2) is 74.3 Å². The van der Waals surface area contributed by atoms with Crippen LogP contribution in [-0.2, 0) is 32.6 Å². The molecule has 0 spiro atoms. The zero-order valence-corrected chi connectivity index (χ0v) is 29.7. The van der Waals surface area contributed by atoms with Gasteiger partial charge in [0.15, 0.2) is 23.1 Å². The number of aliphatic hydroxyl groups excluding tert-OH is 1. The van der Waals surface area contributed by atoms with E-state index in [9.17, 15) is 31.9 Å². The molecule has 1 aliphatic heterocycles. The van der Waals surface area contributed by atoms with Gasteiger partial charge in [-0.15, -0.1) is 0 Å². The van der Waals surface area contributed by atoms with E-state index in [2.05, 4.69) is 16.0 Å². The molecule has 11 nitrogen and oxygen atoms in total.